The second-order valence-electron chi connectivity index (χ2n) is 13.9. The van der Waals surface area contributed by atoms with Gasteiger partial charge >= 0.3 is 0 Å². The molecule has 200 valence electrons. The molecular weight excluding hydrogens is 418 g/mol. The van der Waals surface area contributed by atoms with Crippen LogP contribution in [0.25, 0.3) is 0 Å². The Morgan fingerprint density at radius 1 is 0.290 bits per heavy atom. The van der Waals surface area contributed by atoms with E-state index in [0.29, 0.717) is 0 Å². The molecule has 10 nitrogen and oxygen atoms in total. The third-order valence-corrected chi connectivity index (χ3v) is 0. The average molecular weight is 480 g/mol. The van der Waals surface area contributed by atoms with Gasteiger partial charge in [0, 0.05) is 0 Å². The van der Waals surface area contributed by atoms with Crippen LogP contribution in [0, 0.1) is 0 Å². The summed E-state index contributed by atoms with van der Waals surface area (Å²) in [6.07, 6.45) is 0. The van der Waals surface area contributed by atoms with Gasteiger partial charge in [-0.05, 0) is 0 Å². The molecule has 0 atom stereocenters. The second kappa shape index (κ2) is 19.3. The molecule has 0 saturated carbocycles. The maximum Gasteiger partial charge on any atom is 0.0675 e. The Morgan fingerprint density at radius 3 is 0.290 bits per heavy atom. The van der Waals surface area contributed by atoms with E-state index in [1.54, 1.807) is 0 Å². The summed E-state index contributed by atoms with van der Waals surface area (Å²) in [7, 11) is 36.9. The first-order valence-electron chi connectivity index (χ1n) is 9.76. The molecular formula is C20H61N5O5Si. The summed E-state index contributed by atoms with van der Waals surface area (Å²) in [5.41, 5.74) is 0. The SMILES string of the molecule is C[N+](C)(C)C.C[N+](C)(C)C.C[N+](C)(C)C.C[N+](C)(C)C.C[N+](C)(C)C.[O-][Si]([O-])([O-])[O-].[OH-]. The van der Waals surface area contributed by atoms with E-state index in [0.717, 1.165) is 22.4 Å². The summed E-state index contributed by atoms with van der Waals surface area (Å²) >= 11 is 0. The zero-order valence-electron chi connectivity index (χ0n) is 24.8. The first kappa shape index (κ1) is 48.3. The molecule has 0 bridgehead atoms. The van der Waals surface area contributed by atoms with Gasteiger partial charge < -0.3 is 56.1 Å². The van der Waals surface area contributed by atoms with Crippen LogP contribution in [0.1, 0.15) is 0 Å². The van der Waals surface area contributed by atoms with Crippen LogP contribution in [0.3, 0.4) is 0 Å². The van der Waals surface area contributed by atoms with Crippen LogP contribution >= 0.6 is 0 Å². The number of rotatable bonds is 0. The van der Waals surface area contributed by atoms with Crippen molar-refractivity contribution in [3.05, 3.63) is 0 Å². The van der Waals surface area contributed by atoms with E-state index in [1.165, 1.54) is 0 Å². The minimum Gasteiger partial charge on any atom is -0.894 e. The molecule has 31 heavy (non-hydrogen) atoms. The van der Waals surface area contributed by atoms with E-state index < -0.39 is 9.05 Å². The Kier molecular flexibility index (Phi) is 30.1. The van der Waals surface area contributed by atoms with Crippen LogP contribution in [-0.2, 0) is 0 Å². The highest BCUT2D eigenvalue weighted by molar-refractivity contribution is 6.38. The second-order valence-corrected chi connectivity index (χ2v) is 14.9. The van der Waals surface area contributed by atoms with Gasteiger partial charge in [-0.2, -0.15) is 0 Å². The fourth-order valence-corrected chi connectivity index (χ4v) is 0. The van der Waals surface area contributed by atoms with E-state index in [9.17, 15) is 0 Å². The van der Waals surface area contributed by atoms with Crippen LogP contribution in [0.5, 0.6) is 0 Å². The van der Waals surface area contributed by atoms with Gasteiger partial charge in [-0.1, -0.05) is 0 Å². The molecule has 1 N–H and O–H groups in total. The third-order valence-electron chi connectivity index (χ3n) is 0. The molecule has 0 aromatic heterocycles. The lowest BCUT2D eigenvalue weighted by molar-refractivity contribution is -0.849. The highest BCUT2D eigenvalue weighted by Gasteiger charge is 1.90. The Morgan fingerprint density at radius 2 is 0.290 bits per heavy atom. The smallest absolute Gasteiger partial charge is 0.0675 e. The van der Waals surface area contributed by atoms with Gasteiger partial charge in [0.05, 0.1) is 141 Å². The van der Waals surface area contributed by atoms with Crippen molar-refractivity contribution in [3.63, 3.8) is 0 Å². The molecule has 0 fully saturated rings. The Bertz CT molecular complexity index is 230. The number of nitrogens with zero attached hydrogens (tertiary/aromatic N) is 5. The zero-order chi connectivity index (χ0) is 27.0. The van der Waals surface area contributed by atoms with Crippen LogP contribution in [-0.4, -0.2) is 178 Å². The van der Waals surface area contributed by atoms with E-state index in [2.05, 4.69) is 141 Å². The summed E-state index contributed by atoms with van der Waals surface area (Å²) in [5, 5.41) is 0. The lowest BCUT2D eigenvalue weighted by Crippen LogP contribution is -2.82. The monoisotopic (exact) mass is 479 g/mol. The predicted octanol–water partition coefficient (Wildman–Crippen LogP) is -3.70. The first-order valence-corrected chi connectivity index (χ1v) is 11.4. The van der Waals surface area contributed by atoms with Gasteiger partial charge in [0.2, 0.25) is 0 Å². The summed E-state index contributed by atoms with van der Waals surface area (Å²) in [4.78, 5) is 34.3. The molecule has 0 heterocycles. The lowest BCUT2D eigenvalue weighted by Gasteiger charge is -2.67. The third kappa shape index (κ3) is 688000. The highest BCUT2D eigenvalue weighted by Crippen LogP contribution is 1.75. The Hall–Kier alpha value is -0.183. The quantitative estimate of drug-likeness (QED) is 0.261. The first-order chi connectivity index (χ1) is 12.0. The summed E-state index contributed by atoms with van der Waals surface area (Å²) < 4.78 is 5.00. The molecule has 0 spiro atoms. The molecule has 0 aliphatic heterocycles. The van der Waals surface area contributed by atoms with Crippen LogP contribution < -0.4 is 19.2 Å². The van der Waals surface area contributed by atoms with Crippen LogP contribution in [0.2, 0.25) is 0 Å². The zero-order valence-corrected chi connectivity index (χ0v) is 25.8. The Balaban J connectivity index is -0.0000000443. The van der Waals surface area contributed by atoms with Crippen molar-refractivity contribution in [3.8, 4) is 0 Å². The topological polar surface area (TPSA) is 122 Å². The average Bonchev–Trinajstić information content (AvgIpc) is 1.94. The standard InChI is InChI=1S/5C4H12N.O4Si.H2O/c6*1-5(2,3)4;/h5*1-4H3;;1H2/q5*+1;-4;/p-1. The van der Waals surface area contributed by atoms with Crippen LogP contribution in [0.4, 0.5) is 0 Å². The fraction of sp³-hybridized carbons (Fsp3) is 1.00. The fourth-order valence-electron chi connectivity index (χ4n) is 0. The van der Waals surface area contributed by atoms with E-state index in [-0.39, 0.29) is 5.48 Å². The van der Waals surface area contributed by atoms with E-state index in [1.807, 2.05) is 0 Å². The van der Waals surface area contributed by atoms with Crippen molar-refractivity contribution in [2.45, 2.75) is 0 Å². The van der Waals surface area contributed by atoms with Gasteiger partial charge in [0.25, 0.3) is 0 Å². The van der Waals surface area contributed by atoms with Crippen LogP contribution in [0.15, 0.2) is 0 Å². The number of hydrogen-bond acceptors (Lipinski definition) is 5. The van der Waals surface area contributed by atoms with Gasteiger partial charge in [-0.3, -0.25) is 0 Å². The lowest BCUT2D eigenvalue weighted by atomic mass is 10.8. The molecule has 0 unspecified atom stereocenters. The number of hydrogen-bond donors (Lipinski definition) is 0. The molecule has 0 amide bonds. The van der Waals surface area contributed by atoms with Crippen molar-refractivity contribution in [1.82, 2.24) is 0 Å². The molecule has 0 aromatic carbocycles. The molecule has 0 aliphatic carbocycles. The molecule has 0 saturated heterocycles. The Labute approximate surface area is 197 Å². The van der Waals surface area contributed by atoms with E-state index >= 15 is 0 Å². The normalized spacial score (nSPS) is 11.6. The molecule has 0 aliphatic rings. The van der Waals surface area contributed by atoms with Crippen molar-refractivity contribution in [1.29, 1.82) is 0 Å². The van der Waals surface area contributed by atoms with Crippen molar-refractivity contribution in [2.75, 3.05) is 141 Å². The van der Waals surface area contributed by atoms with Crippen molar-refractivity contribution in [2.24, 2.45) is 0 Å². The minimum absolute atomic E-state index is 0. The van der Waals surface area contributed by atoms with E-state index in [4.69, 9.17) is 19.2 Å². The highest BCUT2D eigenvalue weighted by atomic mass is 28.4. The molecule has 0 aromatic rings. The minimum atomic E-state index is -5.61. The van der Waals surface area contributed by atoms with Gasteiger partial charge in [0.1, 0.15) is 0 Å². The molecule has 11 heteroatoms. The summed E-state index contributed by atoms with van der Waals surface area (Å²) in [5.74, 6) is 0. The summed E-state index contributed by atoms with van der Waals surface area (Å²) in [6, 6.07) is 0. The summed E-state index contributed by atoms with van der Waals surface area (Å²) in [6.45, 7) is 0. The molecule has 0 radical (unpaired) electrons. The van der Waals surface area contributed by atoms with Gasteiger partial charge in [-0.15, -0.1) is 0 Å². The largest absolute Gasteiger partial charge is 0.894 e. The number of quaternary nitrogens is 5. The maximum atomic E-state index is 8.58. The van der Waals surface area contributed by atoms with Gasteiger partial charge in [0.15, 0.2) is 0 Å². The maximum absolute atomic E-state index is 8.58. The van der Waals surface area contributed by atoms with Crippen molar-refractivity contribution >= 4 is 9.05 Å². The van der Waals surface area contributed by atoms with Gasteiger partial charge in [-0.25, -0.2) is 0 Å². The predicted molar refractivity (Wildman–Crippen MR) is 127 cm³/mol. The van der Waals surface area contributed by atoms with Crippen molar-refractivity contribution < 1.29 is 47.1 Å². The molecule has 0 rings (SSSR count).